The number of hydrogen-bond donors (Lipinski definition) is 1. The van der Waals surface area contributed by atoms with Gasteiger partial charge >= 0.3 is 0 Å². The molecule has 6 heteroatoms. The third-order valence-corrected chi connectivity index (χ3v) is 4.22. The Balaban J connectivity index is 2.29. The predicted molar refractivity (Wildman–Crippen MR) is 79.0 cm³/mol. The highest BCUT2D eigenvalue weighted by Crippen LogP contribution is 2.30. The quantitative estimate of drug-likeness (QED) is 0.855. The van der Waals surface area contributed by atoms with Crippen LogP contribution in [0.1, 0.15) is 18.9 Å². The van der Waals surface area contributed by atoms with Crippen molar-refractivity contribution in [3.8, 4) is 12.3 Å². The number of terminal acetylenes is 1. The van der Waals surface area contributed by atoms with Crippen molar-refractivity contribution in [2.45, 2.75) is 19.8 Å². The van der Waals surface area contributed by atoms with Gasteiger partial charge in [0.2, 0.25) is 15.9 Å². The van der Waals surface area contributed by atoms with Gasteiger partial charge in [-0.2, -0.15) is 0 Å². The van der Waals surface area contributed by atoms with Gasteiger partial charge in [-0.15, -0.1) is 6.42 Å². The van der Waals surface area contributed by atoms with Gasteiger partial charge in [-0.05, 0) is 36.6 Å². The highest BCUT2D eigenvalue weighted by Gasteiger charge is 2.20. The second kappa shape index (κ2) is 5.55. The molecule has 1 aliphatic rings. The standard InChI is InChI=1S/C14H16N2O3S/c1-3-9-20(18,19)15-13-6-7-14-12(10-13)5-4-8-16(14)11(2)17/h1,6-7,10,15H,4-5,8-9H2,2H3. The fraction of sp³-hybridized carbons (Fsp3) is 0.357. The second-order valence-electron chi connectivity index (χ2n) is 4.68. The van der Waals surface area contributed by atoms with Gasteiger partial charge < -0.3 is 4.90 Å². The Hall–Kier alpha value is -2.00. The number of nitrogens with one attached hydrogen (secondary N) is 1. The lowest BCUT2D eigenvalue weighted by Crippen LogP contribution is -2.33. The summed E-state index contributed by atoms with van der Waals surface area (Å²) in [5, 5.41) is 0. The molecule has 2 rings (SSSR count). The minimum atomic E-state index is -3.51. The van der Waals surface area contributed by atoms with Gasteiger partial charge in [-0.3, -0.25) is 9.52 Å². The molecule has 0 unspecified atom stereocenters. The largest absolute Gasteiger partial charge is 0.312 e. The van der Waals surface area contributed by atoms with E-state index in [9.17, 15) is 13.2 Å². The molecule has 0 saturated carbocycles. The van der Waals surface area contributed by atoms with Crippen LogP contribution in [-0.2, 0) is 21.2 Å². The Kier molecular flexibility index (Phi) is 4.00. The summed E-state index contributed by atoms with van der Waals surface area (Å²) in [7, 11) is -3.51. The Bertz CT molecular complexity index is 674. The SMILES string of the molecule is C#CCS(=O)(=O)Nc1ccc2c(c1)CCCN2C(C)=O. The van der Waals surface area contributed by atoms with Crippen molar-refractivity contribution in [3.05, 3.63) is 23.8 Å². The Labute approximate surface area is 119 Å². The molecule has 106 valence electrons. The number of fused-ring (bicyclic) bond motifs is 1. The number of anilines is 2. The molecule has 0 aliphatic carbocycles. The summed E-state index contributed by atoms with van der Waals surface area (Å²) in [6, 6.07) is 5.18. The lowest BCUT2D eigenvalue weighted by molar-refractivity contribution is -0.116. The molecule has 1 aromatic rings. The van der Waals surface area contributed by atoms with Crippen molar-refractivity contribution in [2.75, 3.05) is 21.9 Å². The minimum absolute atomic E-state index is 0.00777. The predicted octanol–water partition coefficient (Wildman–Crippen LogP) is 1.36. The van der Waals surface area contributed by atoms with Crippen LogP contribution in [0.4, 0.5) is 11.4 Å². The molecule has 0 saturated heterocycles. The summed E-state index contributed by atoms with van der Waals surface area (Å²) in [6.45, 7) is 2.23. The van der Waals surface area contributed by atoms with Crippen LogP contribution in [0, 0.1) is 12.3 Å². The van der Waals surface area contributed by atoms with Crippen LogP contribution >= 0.6 is 0 Å². The lowest BCUT2D eigenvalue weighted by Gasteiger charge is -2.29. The smallest absolute Gasteiger partial charge is 0.244 e. The number of hydrogen-bond acceptors (Lipinski definition) is 3. The third kappa shape index (κ3) is 3.11. The molecule has 0 fully saturated rings. The molecule has 1 amide bonds. The summed E-state index contributed by atoms with van der Waals surface area (Å²) < 4.78 is 25.7. The first-order chi connectivity index (χ1) is 9.43. The number of aryl methyl sites for hydroxylation is 1. The maximum Gasteiger partial charge on any atom is 0.244 e. The van der Waals surface area contributed by atoms with E-state index < -0.39 is 10.0 Å². The second-order valence-corrected chi connectivity index (χ2v) is 6.41. The number of carbonyl (C=O) groups is 1. The van der Waals surface area contributed by atoms with Gasteiger partial charge in [0.05, 0.1) is 0 Å². The molecule has 0 spiro atoms. The van der Waals surface area contributed by atoms with E-state index in [1.807, 2.05) is 0 Å². The monoisotopic (exact) mass is 292 g/mol. The average molecular weight is 292 g/mol. The molecule has 1 heterocycles. The van der Waals surface area contributed by atoms with Gasteiger partial charge in [-0.1, -0.05) is 5.92 Å². The van der Waals surface area contributed by atoms with Crippen molar-refractivity contribution in [2.24, 2.45) is 0 Å². The van der Waals surface area contributed by atoms with Crippen molar-refractivity contribution in [3.63, 3.8) is 0 Å². The lowest BCUT2D eigenvalue weighted by atomic mass is 10.0. The average Bonchev–Trinajstić information content (AvgIpc) is 2.36. The van der Waals surface area contributed by atoms with Gasteiger partial charge in [0.15, 0.2) is 0 Å². The number of amides is 1. The van der Waals surface area contributed by atoms with Crippen LogP contribution < -0.4 is 9.62 Å². The highest BCUT2D eigenvalue weighted by atomic mass is 32.2. The highest BCUT2D eigenvalue weighted by molar-refractivity contribution is 7.92. The third-order valence-electron chi connectivity index (χ3n) is 3.12. The first-order valence-corrected chi connectivity index (χ1v) is 7.93. The zero-order chi connectivity index (χ0) is 14.8. The van der Waals surface area contributed by atoms with Crippen LogP contribution in [0.3, 0.4) is 0 Å². The van der Waals surface area contributed by atoms with Gasteiger partial charge in [-0.25, -0.2) is 8.42 Å². The first kappa shape index (κ1) is 14.4. The maximum absolute atomic E-state index is 11.6. The van der Waals surface area contributed by atoms with Crippen LogP contribution in [0.5, 0.6) is 0 Å². The van der Waals surface area contributed by atoms with Crippen LogP contribution in [0.25, 0.3) is 0 Å². The first-order valence-electron chi connectivity index (χ1n) is 6.28. The van der Waals surface area contributed by atoms with Gasteiger partial charge in [0, 0.05) is 24.8 Å². The summed E-state index contributed by atoms with van der Waals surface area (Å²) in [5.74, 6) is 1.74. The molecule has 1 aromatic carbocycles. The number of carbonyl (C=O) groups excluding carboxylic acids is 1. The number of sulfonamides is 1. The number of benzene rings is 1. The Morgan fingerprint density at radius 2 is 2.25 bits per heavy atom. The zero-order valence-corrected chi connectivity index (χ0v) is 12.0. The van der Waals surface area contributed by atoms with Crippen molar-refractivity contribution >= 4 is 27.3 Å². The van der Waals surface area contributed by atoms with Crippen LogP contribution in [0.15, 0.2) is 18.2 Å². The van der Waals surface area contributed by atoms with Gasteiger partial charge in [0.25, 0.3) is 0 Å². The van der Waals surface area contributed by atoms with Crippen molar-refractivity contribution in [1.29, 1.82) is 0 Å². The molecule has 5 nitrogen and oxygen atoms in total. The molecular weight excluding hydrogens is 276 g/mol. The normalized spacial score (nSPS) is 14.3. The molecular formula is C14H16N2O3S. The molecule has 0 aromatic heterocycles. The van der Waals surface area contributed by atoms with E-state index in [1.165, 1.54) is 6.92 Å². The van der Waals surface area contributed by atoms with E-state index in [1.54, 1.807) is 23.1 Å². The van der Waals surface area contributed by atoms with E-state index >= 15 is 0 Å². The fourth-order valence-electron chi connectivity index (χ4n) is 2.31. The van der Waals surface area contributed by atoms with Crippen molar-refractivity contribution in [1.82, 2.24) is 0 Å². The Morgan fingerprint density at radius 1 is 1.50 bits per heavy atom. The van der Waals surface area contributed by atoms with Gasteiger partial charge in [0.1, 0.15) is 5.75 Å². The van der Waals surface area contributed by atoms with Crippen LogP contribution in [0.2, 0.25) is 0 Å². The zero-order valence-electron chi connectivity index (χ0n) is 11.2. The molecule has 20 heavy (non-hydrogen) atoms. The van der Waals surface area contributed by atoms with E-state index in [0.29, 0.717) is 12.2 Å². The van der Waals surface area contributed by atoms with E-state index in [2.05, 4.69) is 10.6 Å². The molecule has 0 bridgehead atoms. The molecule has 0 atom stereocenters. The summed E-state index contributed by atoms with van der Waals surface area (Å²) in [5.41, 5.74) is 2.29. The molecule has 0 radical (unpaired) electrons. The Morgan fingerprint density at radius 3 is 2.90 bits per heavy atom. The van der Waals surface area contributed by atoms with Crippen molar-refractivity contribution < 1.29 is 13.2 Å². The van der Waals surface area contributed by atoms with Crippen LogP contribution in [-0.4, -0.2) is 26.6 Å². The van der Waals surface area contributed by atoms with E-state index in [-0.39, 0.29) is 11.7 Å². The fourth-order valence-corrected chi connectivity index (χ4v) is 3.09. The molecule has 1 N–H and O–H groups in total. The number of nitrogens with zero attached hydrogens (tertiary/aromatic N) is 1. The maximum atomic E-state index is 11.6. The van der Waals surface area contributed by atoms with E-state index in [4.69, 9.17) is 6.42 Å². The number of rotatable bonds is 3. The molecule has 1 aliphatic heterocycles. The summed E-state index contributed by atoms with van der Waals surface area (Å²) >= 11 is 0. The minimum Gasteiger partial charge on any atom is -0.312 e. The topological polar surface area (TPSA) is 66.5 Å². The summed E-state index contributed by atoms with van der Waals surface area (Å²) in [4.78, 5) is 13.3. The van der Waals surface area contributed by atoms with E-state index in [0.717, 1.165) is 24.1 Å². The summed E-state index contributed by atoms with van der Waals surface area (Å²) in [6.07, 6.45) is 6.71.